The molecule has 1 atom stereocenters. The molecule has 1 aliphatic rings. The van der Waals surface area contributed by atoms with Gasteiger partial charge in [0, 0.05) is 0 Å². The highest BCUT2D eigenvalue weighted by molar-refractivity contribution is 5.76. The summed E-state index contributed by atoms with van der Waals surface area (Å²) in [5.41, 5.74) is 3.14. The summed E-state index contributed by atoms with van der Waals surface area (Å²) in [5, 5.41) is 9.10. The Morgan fingerprint density at radius 2 is 2.00 bits per heavy atom. The number of fused-ring (bicyclic) bond motifs is 1. The molecule has 13 heavy (non-hydrogen) atoms. The minimum absolute atomic E-state index is 0.416. The van der Waals surface area contributed by atoms with Crippen molar-refractivity contribution in [1.82, 2.24) is 0 Å². The number of nitriles is 1. The molecule has 1 heteroatoms. The number of nitrogens with zero attached hydrogens (tertiary/aromatic N) is 1. The quantitative estimate of drug-likeness (QED) is 0.585. The summed E-state index contributed by atoms with van der Waals surface area (Å²) < 4.78 is 0. The fourth-order valence-corrected chi connectivity index (χ4v) is 1.96. The molecule has 1 nitrogen and oxygen atoms in total. The van der Waals surface area contributed by atoms with Crippen LogP contribution in [0.25, 0.3) is 5.57 Å². The molecule has 0 amide bonds. The van der Waals surface area contributed by atoms with Crippen LogP contribution in [0.15, 0.2) is 30.3 Å². The lowest BCUT2D eigenvalue weighted by Gasteiger charge is -2.13. The van der Waals surface area contributed by atoms with Gasteiger partial charge in [-0.25, -0.2) is 0 Å². The molecule has 0 aromatic heterocycles. The van der Waals surface area contributed by atoms with Crippen molar-refractivity contribution in [3.8, 4) is 6.07 Å². The van der Waals surface area contributed by atoms with Crippen LogP contribution in [-0.4, -0.2) is 0 Å². The van der Waals surface area contributed by atoms with E-state index in [-0.39, 0.29) is 0 Å². The number of allylic oxidation sites excluding steroid dienone is 2. The molecule has 1 aliphatic carbocycles. The summed E-state index contributed by atoms with van der Waals surface area (Å²) in [6.07, 6.45) is 2.04. The molecule has 0 bridgehead atoms. The Kier molecular flexibility index (Phi) is 1.53. The van der Waals surface area contributed by atoms with Gasteiger partial charge in [0.1, 0.15) is 0 Å². The standard InChI is InChI=1S/C12H11N/c1-9-7-12(2,8-13)11-6-4-3-5-10(9)11/h3-7H,1-2H3. The van der Waals surface area contributed by atoms with Crippen molar-refractivity contribution in [3.63, 3.8) is 0 Å². The van der Waals surface area contributed by atoms with E-state index < -0.39 is 5.41 Å². The van der Waals surface area contributed by atoms with Gasteiger partial charge in [-0.05, 0) is 30.5 Å². The maximum absolute atomic E-state index is 9.10. The first-order valence-corrected chi connectivity index (χ1v) is 4.38. The zero-order valence-corrected chi connectivity index (χ0v) is 7.83. The van der Waals surface area contributed by atoms with Gasteiger partial charge in [0.15, 0.2) is 0 Å². The second-order valence-corrected chi connectivity index (χ2v) is 3.69. The van der Waals surface area contributed by atoms with Crippen molar-refractivity contribution < 1.29 is 0 Å². The molecular formula is C12H11N. The molecule has 0 fully saturated rings. The first-order chi connectivity index (χ1) is 6.17. The van der Waals surface area contributed by atoms with Crippen molar-refractivity contribution >= 4 is 5.57 Å². The van der Waals surface area contributed by atoms with Gasteiger partial charge in [-0.1, -0.05) is 30.3 Å². The first kappa shape index (κ1) is 8.07. The molecule has 1 aromatic carbocycles. The summed E-state index contributed by atoms with van der Waals surface area (Å²) in [5.74, 6) is 0. The van der Waals surface area contributed by atoms with Crippen LogP contribution in [0.2, 0.25) is 0 Å². The predicted molar refractivity (Wildman–Crippen MR) is 53.1 cm³/mol. The van der Waals surface area contributed by atoms with Gasteiger partial charge >= 0.3 is 0 Å². The van der Waals surface area contributed by atoms with Gasteiger partial charge in [-0.2, -0.15) is 5.26 Å². The minimum atomic E-state index is -0.416. The summed E-state index contributed by atoms with van der Waals surface area (Å²) in [6, 6.07) is 10.5. The van der Waals surface area contributed by atoms with E-state index in [0.29, 0.717) is 0 Å². The van der Waals surface area contributed by atoms with E-state index in [9.17, 15) is 0 Å². The SMILES string of the molecule is CC1=CC(C)(C#N)c2ccccc21. The number of benzene rings is 1. The third-order valence-corrected chi connectivity index (χ3v) is 2.65. The minimum Gasteiger partial charge on any atom is -0.197 e. The van der Waals surface area contributed by atoms with E-state index in [2.05, 4.69) is 19.1 Å². The highest BCUT2D eigenvalue weighted by atomic mass is 14.4. The Balaban J connectivity index is 2.71. The Bertz CT molecular complexity index is 423. The lowest BCUT2D eigenvalue weighted by molar-refractivity contribution is 0.791. The fourth-order valence-electron chi connectivity index (χ4n) is 1.96. The monoisotopic (exact) mass is 169 g/mol. The molecule has 1 unspecified atom stereocenters. The van der Waals surface area contributed by atoms with Gasteiger partial charge in [0.2, 0.25) is 0 Å². The molecule has 64 valence electrons. The van der Waals surface area contributed by atoms with Crippen LogP contribution in [0.4, 0.5) is 0 Å². The van der Waals surface area contributed by atoms with Gasteiger partial charge in [0.05, 0.1) is 11.5 Å². The number of hydrogen-bond acceptors (Lipinski definition) is 1. The van der Waals surface area contributed by atoms with E-state index in [1.165, 1.54) is 11.1 Å². The summed E-state index contributed by atoms with van der Waals surface area (Å²) >= 11 is 0. The summed E-state index contributed by atoms with van der Waals surface area (Å²) in [4.78, 5) is 0. The van der Waals surface area contributed by atoms with Crippen molar-refractivity contribution in [2.45, 2.75) is 19.3 Å². The zero-order valence-electron chi connectivity index (χ0n) is 7.83. The van der Waals surface area contributed by atoms with Crippen LogP contribution in [-0.2, 0) is 5.41 Å². The average Bonchev–Trinajstić information content (AvgIpc) is 2.42. The van der Waals surface area contributed by atoms with Crippen molar-refractivity contribution in [2.24, 2.45) is 0 Å². The predicted octanol–water partition coefficient (Wildman–Crippen LogP) is 2.88. The van der Waals surface area contributed by atoms with Crippen LogP contribution in [0.3, 0.4) is 0 Å². The van der Waals surface area contributed by atoms with E-state index in [1.807, 2.05) is 31.2 Å². The Hall–Kier alpha value is -1.55. The molecule has 0 N–H and O–H groups in total. The van der Waals surface area contributed by atoms with Crippen LogP contribution in [0, 0.1) is 11.3 Å². The largest absolute Gasteiger partial charge is 0.197 e. The van der Waals surface area contributed by atoms with Crippen LogP contribution in [0.1, 0.15) is 25.0 Å². The smallest absolute Gasteiger partial charge is 0.0986 e. The molecule has 0 heterocycles. The normalized spacial score (nSPS) is 24.8. The summed E-state index contributed by atoms with van der Waals surface area (Å²) in [6.45, 7) is 4.02. The summed E-state index contributed by atoms with van der Waals surface area (Å²) in [7, 11) is 0. The molecule has 0 saturated heterocycles. The molecular weight excluding hydrogens is 158 g/mol. The lowest BCUT2D eigenvalue weighted by atomic mass is 9.87. The maximum Gasteiger partial charge on any atom is 0.0986 e. The Morgan fingerprint density at radius 3 is 2.69 bits per heavy atom. The van der Waals surface area contributed by atoms with E-state index >= 15 is 0 Å². The van der Waals surface area contributed by atoms with Crippen LogP contribution < -0.4 is 0 Å². The molecule has 0 saturated carbocycles. The number of hydrogen-bond donors (Lipinski definition) is 0. The molecule has 0 radical (unpaired) electrons. The highest BCUT2D eigenvalue weighted by Crippen LogP contribution is 2.39. The topological polar surface area (TPSA) is 23.8 Å². The van der Waals surface area contributed by atoms with Crippen molar-refractivity contribution in [1.29, 1.82) is 5.26 Å². The average molecular weight is 169 g/mol. The Labute approximate surface area is 78.3 Å². The highest BCUT2D eigenvalue weighted by Gasteiger charge is 2.31. The fraction of sp³-hybridized carbons (Fsp3) is 0.250. The third kappa shape index (κ3) is 0.990. The third-order valence-electron chi connectivity index (χ3n) is 2.65. The maximum atomic E-state index is 9.10. The second kappa shape index (κ2) is 2.47. The molecule has 0 aliphatic heterocycles. The van der Waals surface area contributed by atoms with Crippen LogP contribution >= 0.6 is 0 Å². The second-order valence-electron chi connectivity index (χ2n) is 3.69. The first-order valence-electron chi connectivity index (χ1n) is 4.38. The van der Waals surface area contributed by atoms with Crippen LogP contribution in [0.5, 0.6) is 0 Å². The van der Waals surface area contributed by atoms with Crippen molar-refractivity contribution in [2.75, 3.05) is 0 Å². The van der Waals surface area contributed by atoms with Gasteiger partial charge in [0.25, 0.3) is 0 Å². The van der Waals surface area contributed by atoms with Gasteiger partial charge in [-0.3, -0.25) is 0 Å². The van der Waals surface area contributed by atoms with E-state index in [1.54, 1.807) is 0 Å². The van der Waals surface area contributed by atoms with E-state index in [4.69, 9.17) is 5.26 Å². The zero-order chi connectivity index (χ0) is 9.47. The Morgan fingerprint density at radius 1 is 1.31 bits per heavy atom. The molecule has 0 spiro atoms. The lowest BCUT2D eigenvalue weighted by Crippen LogP contribution is -2.13. The van der Waals surface area contributed by atoms with Gasteiger partial charge in [-0.15, -0.1) is 0 Å². The van der Waals surface area contributed by atoms with Crippen molar-refractivity contribution in [3.05, 3.63) is 41.5 Å². The van der Waals surface area contributed by atoms with E-state index in [0.717, 1.165) is 5.56 Å². The van der Waals surface area contributed by atoms with Gasteiger partial charge < -0.3 is 0 Å². The molecule has 2 rings (SSSR count). The molecule has 1 aromatic rings. The number of rotatable bonds is 0.